The molecule has 0 radical (unpaired) electrons. The number of rotatable bonds is 3. The van der Waals surface area contributed by atoms with Crippen molar-refractivity contribution in [3.8, 4) is 6.07 Å². The molecular formula is C10H7N5S. The Hall–Kier alpha value is -2.26. The third-order valence-corrected chi connectivity index (χ3v) is 2.41. The molecule has 0 amide bonds. The van der Waals surface area contributed by atoms with E-state index in [9.17, 15) is 0 Å². The molecule has 0 aliphatic carbocycles. The molecule has 2 heterocycles. The maximum atomic E-state index is 8.58. The highest BCUT2D eigenvalue weighted by atomic mass is 32.1. The van der Waals surface area contributed by atoms with Crippen LogP contribution in [-0.4, -0.2) is 16.2 Å². The van der Waals surface area contributed by atoms with E-state index in [2.05, 4.69) is 20.5 Å². The average molecular weight is 229 g/mol. The van der Waals surface area contributed by atoms with E-state index in [1.165, 1.54) is 17.5 Å². The summed E-state index contributed by atoms with van der Waals surface area (Å²) >= 11 is 1.50. The predicted molar refractivity (Wildman–Crippen MR) is 62.3 cm³/mol. The van der Waals surface area contributed by atoms with Gasteiger partial charge in [-0.1, -0.05) is 0 Å². The number of nitrogens with zero attached hydrogens (tertiary/aromatic N) is 4. The van der Waals surface area contributed by atoms with E-state index in [4.69, 9.17) is 5.26 Å². The number of anilines is 1. The Kier molecular flexibility index (Phi) is 3.21. The predicted octanol–water partition coefficient (Wildman–Crippen LogP) is 1.86. The molecule has 2 aromatic heterocycles. The summed E-state index contributed by atoms with van der Waals surface area (Å²) in [6, 6.07) is 5.36. The highest BCUT2D eigenvalue weighted by molar-refractivity contribution is 7.11. The van der Waals surface area contributed by atoms with Crippen LogP contribution >= 0.6 is 11.3 Å². The monoisotopic (exact) mass is 229 g/mol. The Balaban J connectivity index is 1.97. The molecule has 0 spiro atoms. The molecule has 78 valence electrons. The van der Waals surface area contributed by atoms with Crippen molar-refractivity contribution in [2.24, 2.45) is 5.10 Å². The Morgan fingerprint density at radius 1 is 1.44 bits per heavy atom. The van der Waals surface area contributed by atoms with Gasteiger partial charge in [0.25, 0.3) is 0 Å². The van der Waals surface area contributed by atoms with Gasteiger partial charge in [0.1, 0.15) is 16.9 Å². The lowest BCUT2D eigenvalue weighted by molar-refractivity contribution is 1.22. The number of nitrogens with one attached hydrogen (secondary N) is 1. The van der Waals surface area contributed by atoms with Crippen LogP contribution in [0.5, 0.6) is 0 Å². The van der Waals surface area contributed by atoms with Gasteiger partial charge in [-0.2, -0.15) is 10.4 Å². The van der Waals surface area contributed by atoms with E-state index in [0.717, 1.165) is 5.01 Å². The minimum absolute atomic E-state index is 0.523. The van der Waals surface area contributed by atoms with Crippen LogP contribution in [0, 0.1) is 11.3 Å². The summed E-state index contributed by atoms with van der Waals surface area (Å²) in [5, 5.41) is 15.2. The molecule has 0 bridgehead atoms. The van der Waals surface area contributed by atoms with Crippen molar-refractivity contribution >= 4 is 23.4 Å². The highest BCUT2D eigenvalue weighted by Crippen LogP contribution is 2.04. The molecule has 0 saturated heterocycles. The van der Waals surface area contributed by atoms with Crippen molar-refractivity contribution in [1.82, 2.24) is 9.97 Å². The number of pyridine rings is 1. The van der Waals surface area contributed by atoms with Gasteiger partial charge in [0.05, 0.1) is 11.8 Å². The number of aromatic nitrogens is 2. The number of hydrogen-bond acceptors (Lipinski definition) is 6. The first-order valence-corrected chi connectivity index (χ1v) is 5.31. The fourth-order valence-electron chi connectivity index (χ4n) is 0.978. The summed E-state index contributed by atoms with van der Waals surface area (Å²) in [7, 11) is 0. The molecule has 1 N–H and O–H groups in total. The smallest absolute Gasteiger partial charge is 0.146 e. The first-order chi connectivity index (χ1) is 7.88. The standard InChI is InChI=1S/C10H7N5S/c11-5-8-1-2-9(13-6-8)15-14-7-10-12-3-4-16-10/h1-4,6-7H,(H,13,15). The highest BCUT2D eigenvalue weighted by Gasteiger charge is 1.93. The van der Waals surface area contributed by atoms with Crippen LogP contribution in [0.1, 0.15) is 10.6 Å². The summed E-state index contributed by atoms with van der Waals surface area (Å²) in [4.78, 5) is 8.04. The average Bonchev–Trinajstić information content (AvgIpc) is 2.83. The van der Waals surface area contributed by atoms with Gasteiger partial charge in [-0.3, -0.25) is 5.43 Å². The van der Waals surface area contributed by atoms with E-state index in [1.807, 2.05) is 11.4 Å². The fraction of sp³-hybridized carbons (Fsp3) is 0. The molecule has 16 heavy (non-hydrogen) atoms. The number of hydrogen-bond donors (Lipinski definition) is 1. The lowest BCUT2D eigenvalue weighted by atomic mass is 10.3. The molecule has 6 heteroatoms. The van der Waals surface area contributed by atoms with Crippen molar-refractivity contribution in [1.29, 1.82) is 5.26 Å². The molecule has 0 saturated carbocycles. The molecule has 0 unspecified atom stereocenters. The molecule has 0 aromatic carbocycles. The van der Waals surface area contributed by atoms with Crippen LogP contribution < -0.4 is 5.43 Å². The topological polar surface area (TPSA) is 74.0 Å². The van der Waals surface area contributed by atoms with Crippen molar-refractivity contribution in [3.63, 3.8) is 0 Å². The van der Waals surface area contributed by atoms with Gasteiger partial charge < -0.3 is 0 Å². The zero-order valence-electron chi connectivity index (χ0n) is 8.16. The van der Waals surface area contributed by atoms with Gasteiger partial charge in [0, 0.05) is 17.8 Å². The van der Waals surface area contributed by atoms with Crippen molar-refractivity contribution in [2.45, 2.75) is 0 Å². The van der Waals surface area contributed by atoms with E-state index in [1.54, 1.807) is 24.5 Å². The zero-order valence-corrected chi connectivity index (χ0v) is 8.98. The zero-order chi connectivity index (χ0) is 11.2. The van der Waals surface area contributed by atoms with Crippen LogP contribution in [0.25, 0.3) is 0 Å². The van der Waals surface area contributed by atoms with E-state index in [-0.39, 0.29) is 0 Å². The lowest BCUT2D eigenvalue weighted by Gasteiger charge is -1.97. The molecule has 2 aromatic rings. The van der Waals surface area contributed by atoms with Crippen molar-refractivity contribution in [2.75, 3.05) is 5.43 Å². The second-order valence-corrected chi connectivity index (χ2v) is 3.71. The molecular weight excluding hydrogens is 222 g/mol. The van der Waals surface area contributed by atoms with Gasteiger partial charge in [0.2, 0.25) is 0 Å². The largest absolute Gasteiger partial charge is 0.261 e. The van der Waals surface area contributed by atoms with Gasteiger partial charge >= 0.3 is 0 Å². The normalized spacial score (nSPS) is 10.2. The first kappa shape index (κ1) is 10.3. The Morgan fingerprint density at radius 3 is 3.00 bits per heavy atom. The van der Waals surface area contributed by atoms with Gasteiger partial charge in [-0.15, -0.1) is 11.3 Å². The summed E-state index contributed by atoms with van der Waals surface area (Å²) in [5.74, 6) is 0.590. The van der Waals surface area contributed by atoms with Crippen LogP contribution in [0.2, 0.25) is 0 Å². The Morgan fingerprint density at radius 2 is 2.38 bits per heavy atom. The minimum atomic E-state index is 0.523. The number of thiazole rings is 1. The van der Waals surface area contributed by atoms with Crippen molar-refractivity contribution < 1.29 is 0 Å². The summed E-state index contributed by atoms with van der Waals surface area (Å²) in [5.41, 5.74) is 3.27. The van der Waals surface area contributed by atoms with Crippen LogP contribution in [0.15, 0.2) is 35.0 Å². The molecule has 0 aliphatic heterocycles. The molecule has 2 rings (SSSR count). The summed E-state index contributed by atoms with van der Waals surface area (Å²) in [6.07, 6.45) is 4.82. The molecule has 0 atom stereocenters. The van der Waals surface area contributed by atoms with Crippen LogP contribution in [-0.2, 0) is 0 Å². The third kappa shape index (κ3) is 2.62. The maximum absolute atomic E-state index is 8.58. The molecule has 5 nitrogen and oxygen atoms in total. The van der Waals surface area contributed by atoms with Gasteiger partial charge in [-0.05, 0) is 12.1 Å². The maximum Gasteiger partial charge on any atom is 0.146 e. The van der Waals surface area contributed by atoms with Crippen LogP contribution in [0.3, 0.4) is 0 Å². The van der Waals surface area contributed by atoms with Crippen molar-refractivity contribution in [3.05, 3.63) is 40.5 Å². The molecule has 0 fully saturated rings. The minimum Gasteiger partial charge on any atom is -0.261 e. The Bertz CT molecular complexity index is 509. The lowest BCUT2D eigenvalue weighted by Crippen LogP contribution is -1.93. The summed E-state index contributed by atoms with van der Waals surface area (Å²) in [6.45, 7) is 0. The SMILES string of the molecule is N#Cc1ccc(NN=Cc2nccs2)nc1. The van der Waals surface area contributed by atoms with Gasteiger partial charge in [-0.25, -0.2) is 9.97 Å². The fourth-order valence-corrected chi connectivity index (χ4v) is 1.47. The second kappa shape index (κ2) is 5.00. The quantitative estimate of drug-likeness (QED) is 0.644. The Labute approximate surface area is 96.1 Å². The second-order valence-electron chi connectivity index (χ2n) is 2.78. The third-order valence-electron chi connectivity index (χ3n) is 1.70. The van der Waals surface area contributed by atoms with E-state index >= 15 is 0 Å². The first-order valence-electron chi connectivity index (χ1n) is 4.43. The van der Waals surface area contributed by atoms with E-state index in [0.29, 0.717) is 11.4 Å². The van der Waals surface area contributed by atoms with Crippen LogP contribution in [0.4, 0.5) is 5.82 Å². The summed E-state index contributed by atoms with van der Waals surface area (Å²) < 4.78 is 0. The van der Waals surface area contributed by atoms with Gasteiger partial charge in [0.15, 0.2) is 0 Å². The molecule has 0 aliphatic rings. The van der Waals surface area contributed by atoms with E-state index < -0.39 is 0 Å². The number of hydrazone groups is 1. The number of nitriles is 1.